The molecule has 1 atom stereocenters. The van der Waals surface area contributed by atoms with Gasteiger partial charge in [-0.2, -0.15) is 0 Å². The Morgan fingerprint density at radius 2 is 1.77 bits per heavy atom. The minimum atomic E-state index is -1.04. The molecule has 6 rings (SSSR count). The summed E-state index contributed by atoms with van der Waals surface area (Å²) in [5, 5.41) is 5.34. The van der Waals surface area contributed by atoms with Crippen molar-refractivity contribution >= 4 is 35.0 Å². The molecular weight excluding hydrogens is 513 g/mol. The van der Waals surface area contributed by atoms with Gasteiger partial charge in [-0.25, -0.2) is 4.39 Å². The van der Waals surface area contributed by atoms with E-state index in [1.165, 1.54) is 17.7 Å². The molecule has 3 aliphatic rings. The number of halogens is 1. The van der Waals surface area contributed by atoms with Crippen LogP contribution in [0.4, 0.5) is 15.8 Å². The average Bonchev–Trinajstić information content (AvgIpc) is 3.16. The lowest BCUT2D eigenvalue weighted by atomic mass is 9.90. The number of anilines is 2. The van der Waals surface area contributed by atoms with Crippen LogP contribution in [0.25, 0.3) is 0 Å². The molecule has 0 aromatic heterocycles. The van der Waals surface area contributed by atoms with Crippen LogP contribution in [0.3, 0.4) is 0 Å². The number of nitrogen functional groups attached to an aromatic ring is 1. The zero-order valence-corrected chi connectivity index (χ0v) is 21.7. The zero-order valence-electron chi connectivity index (χ0n) is 21.7. The van der Waals surface area contributed by atoms with Crippen molar-refractivity contribution in [3.8, 4) is 0 Å². The Bertz CT molecular complexity index is 1550. The fourth-order valence-electron chi connectivity index (χ4n) is 5.65. The molecule has 1 unspecified atom stereocenters. The molecule has 4 N–H and O–H groups in total. The van der Waals surface area contributed by atoms with Gasteiger partial charge in [0.1, 0.15) is 11.9 Å². The fourth-order valence-corrected chi connectivity index (χ4v) is 5.65. The summed E-state index contributed by atoms with van der Waals surface area (Å²) >= 11 is 0. The van der Waals surface area contributed by atoms with Gasteiger partial charge in [0.25, 0.3) is 11.8 Å². The molecular formula is C30H28FN5O4. The number of imide groups is 2. The van der Waals surface area contributed by atoms with E-state index in [-0.39, 0.29) is 36.3 Å². The van der Waals surface area contributed by atoms with Crippen molar-refractivity contribution in [1.29, 1.82) is 0 Å². The Kier molecular flexibility index (Phi) is 6.55. The van der Waals surface area contributed by atoms with Gasteiger partial charge in [-0.05, 0) is 47.9 Å². The molecule has 3 aromatic rings. The lowest BCUT2D eigenvalue weighted by molar-refractivity contribution is -0.136. The summed E-state index contributed by atoms with van der Waals surface area (Å²) in [5.74, 6) is -2.16. The summed E-state index contributed by atoms with van der Waals surface area (Å²) in [5.41, 5.74) is 9.90. The van der Waals surface area contributed by atoms with Gasteiger partial charge in [-0.15, -0.1) is 0 Å². The van der Waals surface area contributed by atoms with E-state index in [4.69, 9.17) is 5.73 Å². The Morgan fingerprint density at radius 1 is 0.975 bits per heavy atom. The first-order valence-electron chi connectivity index (χ1n) is 13.2. The third-order valence-electron chi connectivity index (χ3n) is 7.80. The number of amides is 4. The van der Waals surface area contributed by atoms with Crippen LogP contribution in [0, 0.1) is 5.82 Å². The predicted octanol–water partition coefficient (Wildman–Crippen LogP) is 3.02. The number of piperidine rings is 1. The van der Waals surface area contributed by atoms with Crippen LogP contribution in [-0.4, -0.2) is 52.6 Å². The molecule has 10 heteroatoms. The van der Waals surface area contributed by atoms with E-state index in [1.54, 1.807) is 18.2 Å². The summed E-state index contributed by atoms with van der Waals surface area (Å²) in [6.45, 7) is 2.42. The normalized spacial score (nSPS) is 19.4. The standard InChI is InChI=1S/C30H28FN5O4/c31-23-11-17(7-8-19(23)14-35-15-20(16-35)18-3-1-4-21(32)12-18)13-33-24-6-2-5-22-27(24)30(40)36(29(22)39)25-9-10-26(37)34-28(25)38/h1-8,11-12,20,25,33H,9-10,13-16,32H2,(H,34,37,38). The van der Waals surface area contributed by atoms with E-state index in [1.807, 2.05) is 24.3 Å². The van der Waals surface area contributed by atoms with Crippen LogP contribution in [0.5, 0.6) is 0 Å². The SMILES string of the molecule is Nc1cccc(C2CN(Cc3ccc(CNc4cccc5c4C(=O)N(C4CCC(=O)NC4=O)C5=O)cc3F)C2)c1. The second-order valence-corrected chi connectivity index (χ2v) is 10.5. The molecule has 3 aromatic carbocycles. The first-order chi connectivity index (χ1) is 19.3. The second kappa shape index (κ2) is 10.2. The molecule has 0 aliphatic carbocycles. The molecule has 3 aliphatic heterocycles. The lowest BCUT2D eigenvalue weighted by Gasteiger charge is -2.39. The molecule has 4 amide bonds. The van der Waals surface area contributed by atoms with Gasteiger partial charge < -0.3 is 11.1 Å². The van der Waals surface area contributed by atoms with E-state index in [0.29, 0.717) is 29.3 Å². The molecule has 0 spiro atoms. The Balaban J connectivity index is 1.10. The minimum absolute atomic E-state index is 0.0526. The number of benzene rings is 3. The molecule has 0 radical (unpaired) electrons. The highest BCUT2D eigenvalue weighted by Crippen LogP contribution is 2.33. The maximum atomic E-state index is 15.0. The quantitative estimate of drug-likeness (QED) is 0.310. The van der Waals surface area contributed by atoms with Gasteiger partial charge in [0, 0.05) is 55.5 Å². The van der Waals surface area contributed by atoms with Crippen molar-refractivity contribution in [3.63, 3.8) is 0 Å². The van der Waals surface area contributed by atoms with Crippen molar-refractivity contribution in [2.45, 2.75) is 37.9 Å². The molecule has 9 nitrogen and oxygen atoms in total. The van der Waals surface area contributed by atoms with Crippen molar-refractivity contribution in [3.05, 3.63) is 94.3 Å². The largest absolute Gasteiger partial charge is 0.399 e. The first kappa shape index (κ1) is 25.7. The number of hydrogen-bond donors (Lipinski definition) is 3. The Hall–Kier alpha value is -4.57. The van der Waals surface area contributed by atoms with Gasteiger partial charge in [0.2, 0.25) is 11.8 Å². The third-order valence-corrected chi connectivity index (χ3v) is 7.80. The van der Waals surface area contributed by atoms with E-state index < -0.39 is 29.7 Å². The molecule has 2 fully saturated rings. The van der Waals surface area contributed by atoms with E-state index >= 15 is 0 Å². The van der Waals surface area contributed by atoms with E-state index in [2.05, 4.69) is 21.6 Å². The molecule has 0 saturated carbocycles. The van der Waals surface area contributed by atoms with Crippen molar-refractivity contribution < 1.29 is 23.6 Å². The smallest absolute Gasteiger partial charge is 0.264 e. The number of nitrogens with zero attached hydrogens (tertiary/aromatic N) is 2. The number of carbonyl (C=O) groups excluding carboxylic acids is 4. The van der Waals surface area contributed by atoms with Gasteiger partial charge in [0.15, 0.2) is 0 Å². The van der Waals surface area contributed by atoms with Gasteiger partial charge >= 0.3 is 0 Å². The maximum Gasteiger partial charge on any atom is 0.264 e. The Morgan fingerprint density at radius 3 is 2.52 bits per heavy atom. The van der Waals surface area contributed by atoms with Crippen LogP contribution in [0.15, 0.2) is 60.7 Å². The summed E-state index contributed by atoms with van der Waals surface area (Å²) in [7, 11) is 0. The summed E-state index contributed by atoms with van der Waals surface area (Å²) in [6.07, 6.45) is 0.139. The average molecular weight is 542 g/mol. The van der Waals surface area contributed by atoms with Gasteiger partial charge in [-0.1, -0.05) is 30.3 Å². The topological polar surface area (TPSA) is 125 Å². The summed E-state index contributed by atoms with van der Waals surface area (Å²) in [4.78, 5) is 53.3. The fraction of sp³-hybridized carbons (Fsp3) is 0.267. The Labute approximate surface area is 230 Å². The zero-order chi connectivity index (χ0) is 28.0. The number of nitrogens with one attached hydrogen (secondary N) is 2. The van der Waals surface area contributed by atoms with Gasteiger partial charge in [0.05, 0.1) is 11.1 Å². The molecule has 204 valence electrons. The highest BCUT2D eigenvalue weighted by atomic mass is 19.1. The monoisotopic (exact) mass is 541 g/mol. The van der Waals surface area contributed by atoms with Crippen LogP contribution in [0.1, 0.15) is 56.2 Å². The maximum absolute atomic E-state index is 15.0. The number of likely N-dealkylation sites (tertiary alicyclic amines) is 1. The molecule has 2 saturated heterocycles. The minimum Gasteiger partial charge on any atom is -0.399 e. The highest BCUT2D eigenvalue weighted by Gasteiger charge is 2.45. The number of hydrogen-bond acceptors (Lipinski definition) is 7. The molecule has 0 bridgehead atoms. The van der Waals surface area contributed by atoms with Crippen LogP contribution >= 0.6 is 0 Å². The lowest BCUT2D eigenvalue weighted by Crippen LogP contribution is -2.54. The second-order valence-electron chi connectivity index (χ2n) is 10.5. The number of nitrogens with two attached hydrogens (primary N) is 1. The van der Waals surface area contributed by atoms with Crippen molar-refractivity contribution in [1.82, 2.24) is 15.1 Å². The van der Waals surface area contributed by atoms with Crippen molar-refractivity contribution in [2.24, 2.45) is 0 Å². The van der Waals surface area contributed by atoms with Crippen molar-refractivity contribution in [2.75, 3.05) is 24.1 Å². The molecule has 3 heterocycles. The first-order valence-corrected chi connectivity index (χ1v) is 13.2. The number of fused-ring (bicyclic) bond motifs is 1. The highest BCUT2D eigenvalue weighted by molar-refractivity contribution is 6.25. The summed E-state index contributed by atoms with van der Waals surface area (Å²) < 4.78 is 15.0. The summed E-state index contributed by atoms with van der Waals surface area (Å²) in [6, 6.07) is 16.8. The van der Waals surface area contributed by atoms with Crippen LogP contribution < -0.4 is 16.4 Å². The third kappa shape index (κ3) is 4.71. The number of rotatable bonds is 7. The number of carbonyl (C=O) groups is 4. The molecule has 40 heavy (non-hydrogen) atoms. The van der Waals surface area contributed by atoms with E-state index in [0.717, 1.165) is 23.7 Å². The van der Waals surface area contributed by atoms with Crippen LogP contribution in [-0.2, 0) is 22.7 Å². The van der Waals surface area contributed by atoms with E-state index in [9.17, 15) is 23.6 Å². The predicted molar refractivity (Wildman–Crippen MR) is 146 cm³/mol. The van der Waals surface area contributed by atoms with Gasteiger partial charge in [-0.3, -0.25) is 34.3 Å². The van der Waals surface area contributed by atoms with Crippen LogP contribution in [0.2, 0.25) is 0 Å².